The lowest BCUT2D eigenvalue weighted by Crippen LogP contribution is -2.15. The summed E-state index contributed by atoms with van der Waals surface area (Å²) in [4.78, 5) is 14.1. The van der Waals surface area contributed by atoms with Gasteiger partial charge in [0, 0.05) is 19.2 Å². The number of likely N-dealkylation sites (N-methyl/N-ethyl adjacent to an activating group) is 1. The van der Waals surface area contributed by atoms with Crippen LogP contribution in [0, 0.1) is 6.92 Å². The number of aromatic amines is 1. The summed E-state index contributed by atoms with van der Waals surface area (Å²) in [6, 6.07) is 2.08. The van der Waals surface area contributed by atoms with Crippen molar-refractivity contribution in [2.24, 2.45) is 0 Å². The minimum absolute atomic E-state index is 0.814. The van der Waals surface area contributed by atoms with Crippen molar-refractivity contribution in [1.82, 2.24) is 19.9 Å². The second-order valence-electron chi connectivity index (χ2n) is 4.12. The molecule has 0 saturated heterocycles. The molecule has 0 saturated carbocycles. The normalized spacial score (nSPS) is 11.5. The van der Waals surface area contributed by atoms with Crippen molar-refractivity contribution in [3.8, 4) is 0 Å². The van der Waals surface area contributed by atoms with Crippen LogP contribution in [-0.2, 0) is 6.42 Å². The van der Waals surface area contributed by atoms with Crippen molar-refractivity contribution in [2.45, 2.75) is 13.3 Å². The predicted octanol–water partition coefficient (Wildman–Crippen LogP) is 1.37. The zero-order valence-electron chi connectivity index (χ0n) is 9.41. The molecular weight excluding hydrogens is 188 g/mol. The molecule has 0 aliphatic heterocycles. The summed E-state index contributed by atoms with van der Waals surface area (Å²) in [6.07, 6.45) is 2.78. The second-order valence-corrected chi connectivity index (χ2v) is 4.12. The van der Waals surface area contributed by atoms with Gasteiger partial charge in [0.1, 0.15) is 5.82 Å². The van der Waals surface area contributed by atoms with E-state index in [1.165, 1.54) is 0 Å². The number of fused-ring (bicyclic) bond motifs is 1. The van der Waals surface area contributed by atoms with Crippen molar-refractivity contribution >= 4 is 11.2 Å². The molecule has 0 unspecified atom stereocenters. The van der Waals surface area contributed by atoms with E-state index in [1.807, 2.05) is 13.1 Å². The zero-order valence-corrected chi connectivity index (χ0v) is 9.41. The first kappa shape index (κ1) is 10.1. The molecule has 1 N–H and O–H groups in total. The summed E-state index contributed by atoms with van der Waals surface area (Å²) in [5.41, 5.74) is 3.00. The Morgan fingerprint density at radius 1 is 1.40 bits per heavy atom. The summed E-state index contributed by atoms with van der Waals surface area (Å²) < 4.78 is 0. The van der Waals surface area contributed by atoms with Crippen LogP contribution in [0.25, 0.3) is 11.2 Å². The number of hydrogen-bond donors (Lipinski definition) is 1. The topological polar surface area (TPSA) is 44.8 Å². The third-order valence-corrected chi connectivity index (χ3v) is 2.32. The van der Waals surface area contributed by atoms with Gasteiger partial charge in [-0.3, -0.25) is 0 Å². The van der Waals surface area contributed by atoms with Gasteiger partial charge in [-0.2, -0.15) is 0 Å². The zero-order chi connectivity index (χ0) is 10.8. The number of hydrogen-bond acceptors (Lipinski definition) is 3. The fourth-order valence-corrected chi connectivity index (χ4v) is 1.50. The summed E-state index contributed by atoms with van der Waals surface area (Å²) >= 11 is 0. The highest BCUT2D eigenvalue weighted by molar-refractivity contribution is 5.70. The molecule has 0 fully saturated rings. The Kier molecular flexibility index (Phi) is 2.68. The van der Waals surface area contributed by atoms with Gasteiger partial charge in [0.05, 0.1) is 5.52 Å². The first-order valence-corrected chi connectivity index (χ1v) is 5.11. The molecule has 4 nitrogen and oxygen atoms in total. The fourth-order valence-electron chi connectivity index (χ4n) is 1.50. The summed E-state index contributed by atoms with van der Waals surface area (Å²) in [6.45, 7) is 3.03. The van der Waals surface area contributed by atoms with Crippen molar-refractivity contribution in [3.63, 3.8) is 0 Å². The van der Waals surface area contributed by atoms with Gasteiger partial charge in [0.25, 0.3) is 0 Å². The van der Waals surface area contributed by atoms with Gasteiger partial charge in [0.2, 0.25) is 0 Å². The molecule has 2 rings (SSSR count). The van der Waals surface area contributed by atoms with Crippen molar-refractivity contribution in [3.05, 3.63) is 23.7 Å². The molecule has 0 radical (unpaired) electrons. The highest BCUT2D eigenvalue weighted by atomic mass is 15.1. The number of H-pyrrole nitrogens is 1. The maximum atomic E-state index is 4.43. The number of imidazole rings is 1. The molecule has 15 heavy (non-hydrogen) atoms. The van der Waals surface area contributed by atoms with Gasteiger partial charge < -0.3 is 9.88 Å². The molecule has 0 bridgehead atoms. The highest BCUT2D eigenvalue weighted by Gasteiger charge is 2.03. The summed E-state index contributed by atoms with van der Waals surface area (Å²) in [5.74, 6) is 1.01. The molecular formula is C11H16N4. The van der Waals surface area contributed by atoms with E-state index in [9.17, 15) is 0 Å². The van der Waals surface area contributed by atoms with Crippen molar-refractivity contribution < 1.29 is 0 Å². The van der Waals surface area contributed by atoms with Crippen LogP contribution in [0.2, 0.25) is 0 Å². The van der Waals surface area contributed by atoms with Crippen LogP contribution in [0.5, 0.6) is 0 Å². The third kappa shape index (κ3) is 2.33. The van der Waals surface area contributed by atoms with Gasteiger partial charge >= 0.3 is 0 Å². The van der Waals surface area contributed by atoms with Gasteiger partial charge in [-0.1, -0.05) is 0 Å². The van der Waals surface area contributed by atoms with Crippen LogP contribution in [0.1, 0.15) is 11.4 Å². The van der Waals surface area contributed by atoms with E-state index in [4.69, 9.17) is 0 Å². The van der Waals surface area contributed by atoms with E-state index >= 15 is 0 Å². The number of aromatic nitrogens is 3. The number of nitrogens with one attached hydrogen (secondary N) is 1. The maximum absolute atomic E-state index is 4.43. The fraction of sp³-hybridized carbons (Fsp3) is 0.455. The molecule has 2 aromatic heterocycles. The maximum Gasteiger partial charge on any atom is 0.177 e. The highest BCUT2D eigenvalue weighted by Crippen LogP contribution is 2.10. The van der Waals surface area contributed by atoms with Crippen LogP contribution in [0.4, 0.5) is 0 Å². The second kappa shape index (κ2) is 3.98. The van der Waals surface area contributed by atoms with E-state index in [-0.39, 0.29) is 0 Å². The SMILES string of the molecule is Cc1cnc2nc(CCN(C)C)[nH]c2c1. The minimum atomic E-state index is 0.814. The lowest BCUT2D eigenvalue weighted by Gasteiger charge is -2.06. The van der Waals surface area contributed by atoms with Crippen LogP contribution >= 0.6 is 0 Å². The van der Waals surface area contributed by atoms with E-state index < -0.39 is 0 Å². The standard InChI is InChI=1S/C11H16N4/c1-8-6-9-11(12-7-8)14-10(13-9)4-5-15(2)3/h6-7H,4-5H2,1-3H3,(H,12,13,14). The first-order chi connectivity index (χ1) is 7.15. The quantitative estimate of drug-likeness (QED) is 0.821. The molecule has 0 aromatic carbocycles. The number of pyridine rings is 1. The minimum Gasteiger partial charge on any atom is -0.341 e. The van der Waals surface area contributed by atoms with E-state index in [0.717, 1.165) is 35.5 Å². The number of rotatable bonds is 3. The monoisotopic (exact) mass is 204 g/mol. The lowest BCUT2D eigenvalue weighted by atomic mass is 10.3. The molecule has 0 aliphatic rings. The Labute approximate surface area is 89.3 Å². The Bertz CT molecular complexity index is 459. The van der Waals surface area contributed by atoms with Crippen molar-refractivity contribution in [1.29, 1.82) is 0 Å². The van der Waals surface area contributed by atoms with Crippen LogP contribution < -0.4 is 0 Å². The summed E-state index contributed by atoms with van der Waals surface area (Å²) in [5, 5.41) is 0. The van der Waals surface area contributed by atoms with Gasteiger partial charge in [0.15, 0.2) is 5.65 Å². The molecule has 0 spiro atoms. The first-order valence-electron chi connectivity index (χ1n) is 5.11. The summed E-state index contributed by atoms with van der Waals surface area (Å²) in [7, 11) is 4.12. The smallest absolute Gasteiger partial charge is 0.177 e. The van der Waals surface area contributed by atoms with Gasteiger partial charge in [-0.25, -0.2) is 9.97 Å². The average molecular weight is 204 g/mol. The molecule has 4 heteroatoms. The van der Waals surface area contributed by atoms with E-state index in [1.54, 1.807) is 0 Å². The van der Waals surface area contributed by atoms with E-state index in [2.05, 4.69) is 40.0 Å². The van der Waals surface area contributed by atoms with Gasteiger partial charge in [-0.15, -0.1) is 0 Å². The van der Waals surface area contributed by atoms with E-state index in [0.29, 0.717) is 0 Å². The largest absolute Gasteiger partial charge is 0.341 e. The molecule has 2 heterocycles. The molecule has 0 aliphatic carbocycles. The van der Waals surface area contributed by atoms with Crippen LogP contribution in [0.15, 0.2) is 12.3 Å². The number of nitrogens with zero attached hydrogens (tertiary/aromatic N) is 3. The van der Waals surface area contributed by atoms with Gasteiger partial charge in [-0.05, 0) is 32.6 Å². The lowest BCUT2D eigenvalue weighted by molar-refractivity contribution is 0.410. The van der Waals surface area contributed by atoms with Crippen LogP contribution in [-0.4, -0.2) is 40.5 Å². The molecule has 80 valence electrons. The Morgan fingerprint density at radius 3 is 2.93 bits per heavy atom. The number of aryl methyl sites for hydroxylation is 1. The Morgan fingerprint density at radius 2 is 2.20 bits per heavy atom. The average Bonchev–Trinajstić information content (AvgIpc) is 2.56. The Balaban J connectivity index is 2.23. The van der Waals surface area contributed by atoms with Crippen molar-refractivity contribution in [2.75, 3.05) is 20.6 Å². The molecule has 0 amide bonds. The van der Waals surface area contributed by atoms with Crippen LogP contribution in [0.3, 0.4) is 0 Å². The predicted molar refractivity (Wildman–Crippen MR) is 60.9 cm³/mol. The molecule has 0 atom stereocenters. The molecule has 2 aromatic rings. The third-order valence-electron chi connectivity index (χ3n) is 2.32. The Hall–Kier alpha value is -1.42.